The highest BCUT2D eigenvalue weighted by molar-refractivity contribution is 7.16. The SMILES string of the molecule is COCCN1C2(C)CCC1(C)CC(N(C)C(=O)c1ccc([C@@H]3C[C@H]3c3nc(C)nc4sccc34)c(Cl)c1)C2. The Balaban J connectivity index is 1.17. The van der Waals surface area contributed by atoms with Crippen LogP contribution in [0.5, 0.6) is 0 Å². The van der Waals surface area contributed by atoms with Crippen LogP contribution in [0.15, 0.2) is 29.6 Å². The molecule has 4 heterocycles. The molecule has 38 heavy (non-hydrogen) atoms. The van der Waals surface area contributed by atoms with Gasteiger partial charge < -0.3 is 9.64 Å². The molecule has 3 fully saturated rings. The Hall–Kier alpha value is -2.06. The highest BCUT2D eigenvalue weighted by atomic mass is 35.5. The Morgan fingerprint density at radius 3 is 2.61 bits per heavy atom. The van der Waals surface area contributed by atoms with Crippen molar-refractivity contribution in [3.8, 4) is 0 Å². The summed E-state index contributed by atoms with van der Waals surface area (Å²) in [6, 6.07) is 8.24. The molecule has 2 aliphatic heterocycles. The van der Waals surface area contributed by atoms with Crippen molar-refractivity contribution in [1.29, 1.82) is 0 Å². The molecule has 2 unspecified atom stereocenters. The smallest absolute Gasteiger partial charge is 0.253 e. The molecule has 1 aromatic carbocycles. The standard InChI is InChI=1S/C30H37ClN4O2S/c1-18-32-26(22-8-13-38-27(22)33-18)24-15-23(24)21-7-6-19(14-25(21)31)28(36)34(4)20-16-29(2)9-10-30(3,17-20)35(29)11-12-37-5/h6-8,13-14,20,23-24H,9-12,15-17H2,1-5H3/t20?,23-,24+,29?,30?/m0/s1. The van der Waals surface area contributed by atoms with Crippen LogP contribution in [0.3, 0.4) is 0 Å². The number of hydrogen-bond acceptors (Lipinski definition) is 6. The Labute approximate surface area is 234 Å². The number of benzene rings is 1. The molecule has 4 atom stereocenters. The van der Waals surface area contributed by atoms with Gasteiger partial charge in [-0.1, -0.05) is 17.7 Å². The molecular formula is C30H37ClN4O2S. The number of methoxy groups -OCH3 is 1. The summed E-state index contributed by atoms with van der Waals surface area (Å²) in [4.78, 5) is 28.7. The predicted octanol–water partition coefficient (Wildman–Crippen LogP) is 6.42. The van der Waals surface area contributed by atoms with Crippen LogP contribution in [0, 0.1) is 6.92 Å². The zero-order valence-electron chi connectivity index (χ0n) is 23.0. The van der Waals surface area contributed by atoms with Crippen LogP contribution in [0.25, 0.3) is 10.2 Å². The van der Waals surface area contributed by atoms with E-state index in [1.165, 1.54) is 12.8 Å². The van der Waals surface area contributed by atoms with E-state index in [9.17, 15) is 4.79 Å². The molecule has 2 bridgehead atoms. The van der Waals surface area contributed by atoms with Crippen molar-refractivity contribution < 1.29 is 9.53 Å². The fourth-order valence-corrected chi connectivity index (χ4v) is 8.55. The van der Waals surface area contributed by atoms with Crippen LogP contribution in [-0.4, -0.2) is 70.1 Å². The van der Waals surface area contributed by atoms with E-state index in [1.807, 2.05) is 31.0 Å². The summed E-state index contributed by atoms with van der Waals surface area (Å²) in [5, 5.41) is 3.92. The highest BCUT2D eigenvalue weighted by Gasteiger charge is 2.55. The second kappa shape index (κ2) is 9.54. The van der Waals surface area contributed by atoms with E-state index in [0.29, 0.717) is 22.4 Å². The van der Waals surface area contributed by atoms with Crippen molar-refractivity contribution in [2.24, 2.45) is 0 Å². The number of amides is 1. The second-order valence-corrected chi connectivity index (χ2v) is 13.4. The van der Waals surface area contributed by atoms with E-state index in [-0.39, 0.29) is 23.0 Å². The molecule has 0 N–H and O–H groups in total. The van der Waals surface area contributed by atoms with E-state index < -0.39 is 0 Å². The van der Waals surface area contributed by atoms with Crippen LogP contribution in [0.2, 0.25) is 5.02 Å². The van der Waals surface area contributed by atoms with Gasteiger partial charge in [0.05, 0.1) is 12.3 Å². The van der Waals surface area contributed by atoms with Gasteiger partial charge in [-0.05, 0) is 87.9 Å². The largest absolute Gasteiger partial charge is 0.383 e. The van der Waals surface area contributed by atoms with Crippen LogP contribution < -0.4 is 0 Å². The number of carbonyl (C=O) groups excluding carboxylic acids is 1. The second-order valence-electron chi connectivity index (χ2n) is 12.1. The Kier molecular flexibility index (Phi) is 6.57. The van der Waals surface area contributed by atoms with Gasteiger partial charge in [-0.3, -0.25) is 9.69 Å². The Morgan fingerprint density at radius 1 is 1.18 bits per heavy atom. The number of carbonyl (C=O) groups is 1. The monoisotopic (exact) mass is 552 g/mol. The summed E-state index contributed by atoms with van der Waals surface area (Å²) in [6.45, 7) is 8.36. The quantitative estimate of drug-likeness (QED) is 0.338. The van der Waals surface area contributed by atoms with E-state index in [4.69, 9.17) is 21.3 Å². The molecule has 0 radical (unpaired) electrons. The van der Waals surface area contributed by atoms with Crippen molar-refractivity contribution in [3.63, 3.8) is 0 Å². The minimum atomic E-state index is 0.0548. The molecule has 8 heteroatoms. The van der Waals surface area contributed by atoms with Gasteiger partial charge in [0.25, 0.3) is 5.91 Å². The molecule has 6 rings (SSSR count). The minimum Gasteiger partial charge on any atom is -0.383 e. The molecule has 202 valence electrons. The van der Waals surface area contributed by atoms with Crippen LogP contribution in [0.1, 0.15) is 85.2 Å². The maximum absolute atomic E-state index is 13.6. The number of rotatable bonds is 7. The number of ether oxygens (including phenoxy) is 1. The lowest BCUT2D eigenvalue weighted by molar-refractivity contribution is -0.0366. The first-order valence-electron chi connectivity index (χ1n) is 13.7. The number of halogens is 1. The molecule has 2 saturated heterocycles. The number of piperidine rings is 1. The maximum Gasteiger partial charge on any atom is 0.253 e. The zero-order valence-corrected chi connectivity index (χ0v) is 24.5. The fourth-order valence-electron chi connectivity index (χ4n) is 7.41. The number of aromatic nitrogens is 2. The molecular weight excluding hydrogens is 516 g/mol. The summed E-state index contributed by atoms with van der Waals surface area (Å²) in [5.41, 5.74) is 3.10. The van der Waals surface area contributed by atoms with Crippen molar-refractivity contribution in [2.75, 3.05) is 27.3 Å². The number of nitrogens with zero attached hydrogens (tertiary/aromatic N) is 4. The van der Waals surface area contributed by atoms with Gasteiger partial charge in [0.15, 0.2) is 0 Å². The van der Waals surface area contributed by atoms with Gasteiger partial charge in [0.2, 0.25) is 0 Å². The van der Waals surface area contributed by atoms with Gasteiger partial charge in [0, 0.05) is 59.7 Å². The molecule has 1 aliphatic carbocycles. The molecule has 0 spiro atoms. The molecule has 6 nitrogen and oxygen atoms in total. The maximum atomic E-state index is 13.6. The summed E-state index contributed by atoms with van der Waals surface area (Å²) >= 11 is 8.49. The average molecular weight is 553 g/mol. The van der Waals surface area contributed by atoms with Crippen molar-refractivity contribution in [2.45, 2.75) is 81.8 Å². The summed E-state index contributed by atoms with van der Waals surface area (Å²) in [7, 11) is 3.73. The third kappa shape index (κ3) is 4.36. The summed E-state index contributed by atoms with van der Waals surface area (Å²) in [5.74, 6) is 1.54. The Bertz CT molecular complexity index is 1370. The van der Waals surface area contributed by atoms with Crippen LogP contribution in [-0.2, 0) is 4.74 Å². The summed E-state index contributed by atoms with van der Waals surface area (Å²) < 4.78 is 5.40. The van der Waals surface area contributed by atoms with Crippen molar-refractivity contribution in [1.82, 2.24) is 19.8 Å². The number of thiophene rings is 1. The van der Waals surface area contributed by atoms with Crippen LogP contribution in [0.4, 0.5) is 0 Å². The first kappa shape index (κ1) is 26.2. The van der Waals surface area contributed by atoms with Gasteiger partial charge in [0.1, 0.15) is 10.7 Å². The first-order valence-corrected chi connectivity index (χ1v) is 14.9. The Morgan fingerprint density at radius 2 is 1.92 bits per heavy atom. The first-order chi connectivity index (χ1) is 18.1. The predicted molar refractivity (Wildman–Crippen MR) is 153 cm³/mol. The summed E-state index contributed by atoms with van der Waals surface area (Å²) in [6.07, 6.45) is 5.32. The number of fused-ring (bicyclic) bond motifs is 3. The third-order valence-corrected chi connectivity index (χ3v) is 10.6. The van der Waals surface area contributed by atoms with Crippen molar-refractivity contribution >= 4 is 39.1 Å². The molecule has 3 aromatic rings. The van der Waals surface area contributed by atoms with Gasteiger partial charge in [-0.2, -0.15) is 0 Å². The average Bonchev–Trinajstić information content (AvgIpc) is 3.49. The van der Waals surface area contributed by atoms with Gasteiger partial charge in [-0.25, -0.2) is 9.97 Å². The molecule has 2 aromatic heterocycles. The molecule has 1 amide bonds. The third-order valence-electron chi connectivity index (χ3n) is 9.50. The van der Waals surface area contributed by atoms with Crippen molar-refractivity contribution in [3.05, 3.63) is 57.3 Å². The number of aryl methyl sites for hydroxylation is 1. The molecule has 1 saturated carbocycles. The van der Waals surface area contributed by atoms with Crippen LogP contribution >= 0.6 is 22.9 Å². The zero-order chi connectivity index (χ0) is 26.8. The topological polar surface area (TPSA) is 58.6 Å². The lowest BCUT2D eigenvalue weighted by Gasteiger charge is -2.53. The minimum absolute atomic E-state index is 0.0548. The van der Waals surface area contributed by atoms with Gasteiger partial charge >= 0.3 is 0 Å². The normalized spacial score (nSPS) is 30.6. The number of hydrogen-bond donors (Lipinski definition) is 0. The van der Waals surface area contributed by atoms with E-state index >= 15 is 0 Å². The lowest BCUT2D eigenvalue weighted by atomic mass is 9.81. The molecule has 3 aliphatic rings. The van der Waals surface area contributed by atoms with E-state index in [2.05, 4.69) is 41.2 Å². The lowest BCUT2D eigenvalue weighted by Crippen LogP contribution is -2.61. The van der Waals surface area contributed by atoms with Gasteiger partial charge in [-0.15, -0.1) is 11.3 Å². The highest BCUT2D eigenvalue weighted by Crippen LogP contribution is 2.57. The van der Waals surface area contributed by atoms with E-state index in [0.717, 1.165) is 59.7 Å². The fraction of sp³-hybridized carbons (Fsp3) is 0.567. The van der Waals surface area contributed by atoms with E-state index in [1.54, 1.807) is 18.4 Å².